The summed E-state index contributed by atoms with van der Waals surface area (Å²) in [5.41, 5.74) is 5.32. The number of carbonyl (C=O) groups excluding carboxylic acids is 1. The van der Waals surface area contributed by atoms with Gasteiger partial charge in [0, 0.05) is 13.1 Å². The molecule has 0 saturated heterocycles. The number of nitrogens with zero attached hydrogens (tertiary/aromatic N) is 1. The lowest BCUT2D eigenvalue weighted by Crippen LogP contribution is -2.48. The lowest BCUT2D eigenvalue weighted by Gasteiger charge is -2.29. The molecule has 17 heavy (non-hydrogen) atoms. The summed E-state index contributed by atoms with van der Waals surface area (Å²) in [6, 6.07) is 0. The summed E-state index contributed by atoms with van der Waals surface area (Å²) in [6.07, 6.45) is 0.610. The van der Waals surface area contributed by atoms with Crippen LogP contribution in [0.5, 0.6) is 0 Å². The van der Waals surface area contributed by atoms with Crippen LogP contribution in [0.4, 0.5) is 0 Å². The summed E-state index contributed by atoms with van der Waals surface area (Å²) < 4.78 is 4.96. The van der Waals surface area contributed by atoms with Gasteiger partial charge >= 0.3 is 5.97 Å². The molecule has 0 aliphatic rings. The number of nitrogens with two attached hydrogens (primary N) is 1. The van der Waals surface area contributed by atoms with Gasteiger partial charge in [-0.25, -0.2) is 0 Å². The molecule has 0 fully saturated rings. The molecule has 0 rings (SSSR count). The monoisotopic (exact) mass is 244 g/mol. The second-order valence-electron chi connectivity index (χ2n) is 6.19. The van der Waals surface area contributed by atoms with Gasteiger partial charge in [0.2, 0.25) is 0 Å². The average Bonchev–Trinajstić information content (AvgIpc) is 2.12. The Bertz CT molecular complexity index is 244. The van der Waals surface area contributed by atoms with Crippen LogP contribution in [0, 0.1) is 5.41 Å². The van der Waals surface area contributed by atoms with E-state index in [0.717, 1.165) is 13.1 Å². The van der Waals surface area contributed by atoms with E-state index in [4.69, 9.17) is 10.5 Å². The van der Waals surface area contributed by atoms with Crippen molar-refractivity contribution in [2.45, 2.75) is 46.6 Å². The van der Waals surface area contributed by atoms with Crippen LogP contribution in [0.1, 0.15) is 41.0 Å². The van der Waals surface area contributed by atoms with Crippen molar-refractivity contribution >= 4 is 5.97 Å². The molecule has 0 radical (unpaired) electrons. The molecule has 4 nitrogen and oxygen atoms in total. The van der Waals surface area contributed by atoms with E-state index in [1.165, 1.54) is 0 Å². The molecule has 0 saturated carbocycles. The third kappa shape index (κ3) is 7.34. The maximum Gasteiger partial charge on any atom is 0.325 e. The molecule has 0 bridgehead atoms. The number of hydrogen-bond donors (Lipinski definition) is 1. The Morgan fingerprint density at radius 3 is 2.24 bits per heavy atom. The van der Waals surface area contributed by atoms with Crippen LogP contribution in [0.3, 0.4) is 0 Å². The molecule has 4 heteroatoms. The van der Waals surface area contributed by atoms with E-state index in [9.17, 15) is 4.79 Å². The minimum absolute atomic E-state index is 0.254. The molecule has 0 aliphatic heterocycles. The number of ether oxygens (including phenoxy) is 1. The van der Waals surface area contributed by atoms with Crippen molar-refractivity contribution in [1.29, 1.82) is 0 Å². The second-order valence-corrected chi connectivity index (χ2v) is 6.19. The predicted octanol–water partition coefficient (Wildman–Crippen LogP) is 1.63. The van der Waals surface area contributed by atoms with Gasteiger partial charge in [0.1, 0.15) is 5.54 Å². The Balaban J connectivity index is 4.13. The Morgan fingerprint density at radius 1 is 1.29 bits per heavy atom. The lowest BCUT2D eigenvalue weighted by molar-refractivity contribution is -0.149. The van der Waals surface area contributed by atoms with E-state index in [1.807, 2.05) is 7.05 Å². The maximum atomic E-state index is 11.6. The van der Waals surface area contributed by atoms with Crippen LogP contribution in [-0.4, -0.2) is 43.2 Å². The normalized spacial score (nSPS) is 15.8. The molecule has 0 heterocycles. The van der Waals surface area contributed by atoms with Crippen LogP contribution >= 0.6 is 0 Å². The van der Waals surface area contributed by atoms with E-state index >= 15 is 0 Å². The molecular weight excluding hydrogens is 216 g/mol. The van der Waals surface area contributed by atoms with Crippen molar-refractivity contribution in [3.8, 4) is 0 Å². The van der Waals surface area contributed by atoms with Gasteiger partial charge in [-0.3, -0.25) is 4.79 Å². The van der Waals surface area contributed by atoms with Crippen molar-refractivity contribution < 1.29 is 9.53 Å². The molecule has 102 valence electrons. The Morgan fingerprint density at radius 2 is 1.82 bits per heavy atom. The van der Waals surface area contributed by atoms with Gasteiger partial charge in [-0.05, 0) is 32.7 Å². The molecule has 0 aromatic rings. The highest BCUT2D eigenvalue weighted by Gasteiger charge is 2.30. The van der Waals surface area contributed by atoms with Crippen molar-refractivity contribution in [2.75, 3.05) is 26.7 Å². The lowest BCUT2D eigenvalue weighted by atomic mass is 9.95. The van der Waals surface area contributed by atoms with E-state index in [-0.39, 0.29) is 11.4 Å². The smallest absolute Gasteiger partial charge is 0.325 e. The first kappa shape index (κ1) is 16.4. The molecular formula is C13H28N2O2. The zero-order chi connectivity index (χ0) is 13.7. The SMILES string of the molecule is CCOC(=O)C(C)(N)CCN(C)CC(C)(C)C. The molecule has 2 N–H and O–H groups in total. The summed E-state index contributed by atoms with van der Waals surface area (Å²) >= 11 is 0. The zero-order valence-corrected chi connectivity index (χ0v) is 12.2. The Kier molecular flexibility index (Phi) is 6.13. The van der Waals surface area contributed by atoms with Gasteiger partial charge in [0.05, 0.1) is 6.61 Å². The van der Waals surface area contributed by atoms with Gasteiger partial charge in [-0.1, -0.05) is 20.8 Å². The molecule has 1 atom stereocenters. The summed E-state index contributed by atoms with van der Waals surface area (Å²) in [6.45, 7) is 12.2. The highest BCUT2D eigenvalue weighted by molar-refractivity contribution is 5.79. The van der Waals surface area contributed by atoms with E-state index < -0.39 is 5.54 Å². The zero-order valence-electron chi connectivity index (χ0n) is 12.2. The van der Waals surface area contributed by atoms with Crippen LogP contribution in [0.2, 0.25) is 0 Å². The average molecular weight is 244 g/mol. The third-order valence-corrected chi connectivity index (χ3v) is 2.50. The van der Waals surface area contributed by atoms with Gasteiger partial charge in [-0.2, -0.15) is 0 Å². The summed E-state index contributed by atoms with van der Waals surface area (Å²) in [5, 5.41) is 0. The number of esters is 1. The number of carbonyl (C=O) groups is 1. The largest absolute Gasteiger partial charge is 0.465 e. The van der Waals surface area contributed by atoms with Crippen molar-refractivity contribution in [3.63, 3.8) is 0 Å². The Hall–Kier alpha value is -0.610. The first-order valence-electron chi connectivity index (χ1n) is 6.23. The molecule has 0 amide bonds. The van der Waals surface area contributed by atoms with Gasteiger partial charge in [0.15, 0.2) is 0 Å². The Labute approximate surface area is 105 Å². The van der Waals surface area contributed by atoms with Crippen LogP contribution < -0.4 is 5.73 Å². The second kappa shape index (κ2) is 6.36. The van der Waals surface area contributed by atoms with E-state index in [1.54, 1.807) is 13.8 Å². The summed E-state index contributed by atoms with van der Waals surface area (Å²) in [5.74, 6) is -0.316. The third-order valence-electron chi connectivity index (χ3n) is 2.50. The van der Waals surface area contributed by atoms with Crippen LogP contribution in [0.15, 0.2) is 0 Å². The molecule has 1 unspecified atom stereocenters. The van der Waals surface area contributed by atoms with Crippen molar-refractivity contribution in [3.05, 3.63) is 0 Å². The van der Waals surface area contributed by atoms with Crippen LogP contribution in [-0.2, 0) is 9.53 Å². The molecule has 0 spiro atoms. The highest BCUT2D eigenvalue weighted by Crippen LogP contribution is 2.16. The topological polar surface area (TPSA) is 55.6 Å². The van der Waals surface area contributed by atoms with Gasteiger partial charge in [-0.15, -0.1) is 0 Å². The van der Waals surface area contributed by atoms with Crippen LogP contribution in [0.25, 0.3) is 0 Å². The van der Waals surface area contributed by atoms with Gasteiger partial charge in [0.25, 0.3) is 0 Å². The summed E-state index contributed by atoms with van der Waals surface area (Å²) in [4.78, 5) is 13.8. The highest BCUT2D eigenvalue weighted by atomic mass is 16.5. The fourth-order valence-electron chi connectivity index (χ4n) is 1.71. The molecule has 0 aromatic heterocycles. The standard InChI is InChI=1S/C13H28N2O2/c1-7-17-11(16)13(5,14)8-9-15(6)10-12(2,3)4/h7-10,14H2,1-6H3. The predicted molar refractivity (Wildman–Crippen MR) is 70.8 cm³/mol. The fraction of sp³-hybridized carbons (Fsp3) is 0.923. The van der Waals surface area contributed by atoms with Crippen molar-refractivity contribution in [1.82, 2.24) is 4.90 Å². The summed E-state index contributed by atoms with van der Waals surface area (Å²) in [7, 11) is 2.05. The molecule has 0 aromatic carbocycles. The number of hydrogen-bond acceptors (Lipinski definition) is 4. The first-order valence-corrected chi connectivity index (χ1v) is 6.23. The maximum absolute atomic E-state index is 11.6. The van der Waals surface area contributed by atoms with E-state index in [2.05, 4.69) is 25.7 Å². The first-order chi connectivity index (χ1) is 7.58. The quantitative estimate of drug-likeness (QED) is 0.722. The minimum atomic E-state index is -0.887. The van der Waals surface area contributed by atoms with Gasteiger partial charge < -0.3 is 15.4 Å². The fourth-order valence-corrected chi connectivity index (χ4v) is 1.71. The minimum Gasteiger partial charge on any atom is -0.465 e. The number of rotatable bonds is 6. The van der Waals surface area contributed by atoms with E-state index in [0.29, 0.717) is 13.0 Å². The van der Waals surface area contributed by atoms with Crippen molar-refractivity contribution in [2.24, 2.45) is 11.1 Å². The molecule has 0 aliphatic carbocycles.